The van der Waals surface area contributed by atoms with Gasteiger partial charge in [0.1, 0.15) is 0 Å². The van der Waals surface area contributed by atoms with Gasteiger partial charge in [-0.25, -0.2) is 0 Å². The molecule has 2 atom stereocenters. The fourth-order valence-electron chi connectivity index (χ4n) is 2.48. The molecule has 0 aromatic rings. The van der Waals surface area contributed by atoms with Crippen LogP contribution in [0.1, 0.15) is 32.6 Å². The van der Waals surface area contributed by atoms with Crippen LogP contribution in [0.5, 0.6) is 0 Å². The third-order valence-corrected chi connectivity index (χ3v) is 3.20. The zero-order valence-electron chi connectivity index (χ0n) is 8.25. The second-order valence-electron chi connectivity index (χ2n) is 4.19. The maximum Gasteiger partial charge on any atom is 0.223 e. The average molecular weight is 182 g/mol. The molecule has 13 heavy (non-hydrogen) atoms. The molecule has 1 N–H and O–H groups in total. The second kappa shape index (κ2) is 3.66. The molecule has 0 unspecified atom stereocenters. The van der Waals surface area contributed by atoms with E-state index in [0.717, 1.165) is 25.9 Å². The van der Waals surface area contributed by atoms with Gasteiger partial charge < -0.3 is 10.2 Å². The molecule has 3 heteroatoms. The Labute approximate surface area is 79.5 Å². The topological polar surface area (TPSA) is 32.3 Å². The number of hydrogen-bond donors (Lipinski definition) is 1. The lowest BCUT2D eigenvalue weighted by Gasteiger charge is -2.34. The van der Waals surface area contributed by atoms with Crippen molar-refractivity contribution < 1.29 is 4.79 Å². The summed E-state index contributed by atoms with van der Waals surface area (Å²) in [5, 5.41) is 3.36. The van der Waals surface area contributed by atoms with Crippen LogP contribution < -0.4 is 5.32 Å². The molecular weight excluding hydrogens is 164 g/mol. The first-order valence-electron chi connectivity index (χ1n) is 5.31. The summed E-state index contributed by atoms with van der Waals surface area (Å²) in [5.41, 5.74) is 0. The molecule has 0 radical (unpaired) electrons. The molecule has 2 fully saturated rings. The molecule has 1 amide bonds. The van der Waals surface area contributed by atoms with Crippen molar-refractivity contribution >= 4 is 5.91 Å². The molecule has 2 aliphatic heterocycles. The van der Waals surface area contributed by atoms with Crippen LogP contribution in [0.2, 0.25) is 0 Å². The molecule has 2 saturated heterocycles. The Hall–Kier alpha value is -0.570. The van der Waals surface area contributed by atoms with Crippen LogP contribution in [0.15, 0.2) is 0 Å². The Morgan fingerprint density at radius 2 is 2.31 bits per heavy atom. The molecule has 0 aromatic carbocycles. The van der Waals surface area contributed by atoms with Gasteiger partial charge in [-0.05, 0) is 32.7 Å². The summed E-state index contributed by atoms with van der Waals surface area (Å²) in [4.78, 5) is 13.7. The lowest BCUT2D eigenvalue weighted by Crippen LogP contribution is -2.49. The fraction of sp³-hybridized carbons (Fsp3) is 0.900. The van der Waals surface area contributed by atoms with Gasteiger partial charge in [0, 0.05) is 25.0 Å². The molecule has 3 nitrogen and oxygen atoms in total. The van der Waals surface area contributed by atoms with Crippen molar-refractivity contribution in [3.05, 3.63) is 0 Å². The van der Waals surface area contributed by atoms with E-state index in [1.165, 1.54) is 12.8 Å². The first kappa shape index (κ1) is 9.00. The Morgan fingerprint density at radius 3 is 2.85 bits per heavy atom. The number of nitrogens with zero attached hydrogens (tertiary/aromatic N) is 1. The molecule has 2 rings (SSSR count). The maximum absolute atomic E-state index is 11.6. The molecular formula is C10H18N2O. The van der Waals surface area contributed by atoms with Crippen LogP contribution in [0.3, 0.4) is 0 Å². The van der Waals surface area contributed by atoms with Gasteiger partial charge in [-0.15, -0.1) is 0 Å². The predicted molar refractivity (Wildman–Crippen MR) is 51.4 cm³/mol. The quantitative estimate of drug-likeness (QED) is 0.649. The molecule has 0 bridgehead atoms. The van der Waals surface area contributed by atoms with Gasteiger partial charge in [0.25, 0.3) is 0 Å². The fourth-order valence-corrected chi connectivity index (χ4v) is 2.48. The monoisotopic (exact) mass is 182 g/mol. The lowest BCUT2D eigenvalue weighted by atomic mass is 10.1. The van der Waals surface area contributed by atoms with Crippen LogP contribution in [0.25, 0.3) is 0 Å². The maximum atomic E-state index is 11.6. The highest BCUT2D eigenvalue weighted by atomic mass is 16.2. The third kappa shape index (κ3) is 1.70. The van der Waals surface area contributed by atoms with Gasteiger partial charge in [0.15, 0.2) is 0 Å². The van der Waals surface area contributed by atoms with Gasteiger partial charge in [0.2, 0.25) is 5.91 Å². The SMILES string of the molecule is C[C@H]1CCC(=O)N1[C@H]1CCCNC1. The van der Waals surface area contributed by atoms with Crippen LogP contribution in [0, 0.1) is 0 Å². The Kier molecular flexibility index (Phi) is 2.54. The highest BCUT2D eigenvalue weighted by Gasteiger charge is 2.33. The first-order chi connectivity index (χ1) is 6.29. The van der Waals surface area contributed by atoms with Crippen LogP contribution in [0.4, 0.5) is 0 Å². The molecule has 0 saturated carbocycles. The van der Waals surface area contributed by atoms with Crippen molar-refractivity contribution in [3.63, 3.8) is 0 Å². The summed E-state index contributed by atoms with van der Waals surface area (Å²) in [7, 11) is 0. The number of likely N-dealkylation sites (tertiary alicyclic amines) is 1. The number of piperidine rings is 1. The standard InChI is InChI=1S/C10H18N2O/c1-8-4-5-10(13)12(8)9-3-2-6-11-7-9/h8-9,11H,2-7H2,1H3/t8-,9-/m0/s1. The van der Waals surface area contributed by atoms with Crippen molar-refractivity contribution in [2.75, 3.05) is 13.1 Å². The van der Waals surface area contributed by atoms with Crippen molar-refractivity contribution in [2.24, 2.45) is 0 Å². The van der Waals surface area contributed by atoms with Gasteiger partial charge in [-0.2, -0.15) is 0 Å². The zero-order valence-corrected chi connectivity index (χ0v) is 8.25. The van der Waals surface area contributed by atoms with Crippen molar-refractivity contribution in [2.45, 2.75) is 44.7 Å². The molecule has 0 aromatic heterocycles. The van der Waals surface area contributed by atoms with Crippen LogP contribution in [-0.2, 0) is 4.79 Å². The normalized spacial score (nSPS) is 35.5. The molecule has 74 valence electrons. The Balaban J connectivity index is 2.00. The van der Waals surface area contributed by atoms with E-state index in [9.17, 15) is 4.79 Å². The summed E-state index contributed by atoms with van der Waals surface area (Å²) < 4.78 is 0. The smallest absolute Gasteiger partial charge is 0.223 e. The van der Waals surface area contributed by atoms with E-state index in [1.807, 2.05) is 0 Å². The summed E-state index contributed by atoms with van der Waals surface area (Å²) in [6, 6.07) is 0.941. The highest BCUT2D eigenvalue weighted by Crippen LogP contribution is 2.23. The minimum absolute atomic E-state index is 0.362. The van der Waals surface area contributed by atoms with Crippen molar-refractivity contribution in [1.82, 2.24) is 10.2 Å². The summed E-state index contributed by atoms with van der Waals surface area (Å²) in [5.74, 6) is 0.362. The number of rotatable bonds is 1. The van der Waals surface area contributed by atoms with E-state index in [4.69, 9.17) is 0 Å². The van der Waals surface area contributed by atoms with Crippen molar-refractivity contribution in [3.8, 4) is 0 Å². The Bertz CT molecular complexity index is 199. The number of nitrogens with one attached hydrogen (secondary N) is 1. The number of amides is 1. The lowest BCUT2D eigenvalue weighted by molar-refractivity contribution is -0.131. The Morgan fingerprint density at radius 1 is 1.46 bits per heavy atom. The van der Waals surface area contributed by atoms with Gasteiger partial charge in [0.05, 0.1) is 0 Å². The van der Waals surface area contributed by atoms with Crippen LogP contribution in [-0.4, -0.2) is 36.0 Å². The summed E-state index contributed by atoms with van der Waals surface area (Å²) in [6.45, 7) is 4.28. The van der Waals surface area contributed by atoms with E-state index >= 15 is 0 Å². The average Bonchev–Trinajstić information content (AvgIpc) is 2.48. The van der Waals surface area contributed by atoms with Gasteiger partial charge in [-0.1, -0.05) is 0 Å². The molecule has 2 heterocycles. The number of carbonyl (C=O) groups excluding carboxylic acids is 1. The number of hydrogen-bond acceptors (Lipinski definition) is 2. The minimum atomic E-state index is 0.362. The van der Waals surface area contributed by atoms with E-state index in [2.05, 4.69) is 17.1 Å². The van der Waals surface area contributed by atoms with Crippen molar-refractivity contribution in [1.29, 1.82) is 0 Å². The van der Waals surface area contributed by atoms with E-state index in [-0.39, 0.29) is 0 Å². The largest absolute Gasteiger partial charge is 0.336 e. The zero-order chi connectivity index (χ0) is 9.26. The van der Waals surface area contributed by atoms with E-state index in [1.54, 1.807) is 0 Å². The molecule has 0 aliphatic carbocycles. The summed E-state index contributed by atoms with van der Waals surface area (Å²) >= 11 is 0. The highest BCUT2D eigenvalue weighted by molar-refractivity contribution is 5.79. The van der Waals surface area contributed by atoms with E-state index in [0.29, 0.717) is 18.0 Å². The second-order valence-corrected chi connectivity index (χ2v) is 4.19. The van der Waals surface area contributed by atoms with Crippen LogP contribution >= 0.6 is 0 Å². The molecule has 0 spiro atoms. The first-order valence-corrected chi connectivity index (χ1v) is 5.31. The molecule has 2 aliphatic rings. The summed E-state index contributed by atoms with van der Waals surface area (Å²) in [6.07, 6.45) is 4.21. The third-order valence-electron chi connectivity index (χ3n) is 3.20. The minimum Gasteiger partial charge on any atom is -0.336 e. The van der Waals surface area contributed by atoms with Gasteiger partial charge in [-0.3, -0.25) is 4.79 Å². The van der Waals surface area contributed by atoms with Gasteiger partial charge >= 0.3 is 0 Å². The van der Waals surface area contributed by atoms with E-state index < -0.39 is 0 Å². The predicted octanol–water partition coefficient (Wildman–Crippen LogP) is 0.749. The number of carbonyl (C=O) groups is 1.